The Bertz CT molecular complexity index is 846. The van der Waals surface area contributed by atoms with Crippen LogP contribution >= 0.6 is 15.9 Å². The van der Waals surface area contributed by atoms with Gasteiger partial charge in [0.25, 0.3) is 0 Å². The molecule has 114 valence electrons. The van der Waals surface area contributed by atoms with E-state index in [-0.39, 0.29) is 21.8 Å². The van der Waals surface area contributed by atoms with Crippen LogP contribution in [0.5, 0.6) is 0 Å². The minimum Gasteiger partial charge on any atom is -0.289 e. The number of halogens is 2. The first-order chi connectivity index (χ1) is 10.3. The van der Waals surface area contributed by atoms with E-state index >= 15 is 0 Å². The lowest BCUT2D eigenvalue weighted by atomic mass is 10.1. The molecule has 0 spiro atoms. The van der Waals surface area contributed by atoms with E-state index in [9.17, 15) is 17.6 Å². The molecule has 0 bridgehead atoms. The number of allylic oxidation sites excluding steroid dienone is 1. The van der Waals surface area contributed by atoms with Gasteiger partial charge in [-0.1, -0.05) is 15.9 Å². The Balaban J connectivity index is 2.22. The normalized spacial score (nSPS) is 11.8. The van der Waals surface area contributed by atoms with Crippen LogP contribution in [0.1, 0.15) is 15.9 Å². The zero-order valence-electron chi connectivity index (χ0n) is 11.2. The third-order valence-electron chi connectivity index (χ3n) is 2.84. The number of sulfonamides is 1. The van der Waals surface area contributed by atoms with Crippen LogP contribution in [0, 0.1) is 5.82 Å². The first-order valence-corrected chi connectivity index (χ1v) is 8.41. The molecule has 0 aliphatic rings. The zero-order chi connectivity index (χ0) is 16.3. The molecule has 0 heterocycles. The van der Waals surface area contributed by atoms with Crippen molar-refractivity contribution in [2.75, 3.05) is 0 Å². The molecule has 0 aromatic heterocycles. The van der Waals surface area contributed by atoms with E-state index in [1.165, 1.54) is 42.5 Å². The number of ketones is 1. The van der Waals surface area contributed by atoms with Gasteiger partial charge in [0.05, 0.1) is 4.90 Å². The molecule has 0 saturated carbocycles. The monoisotopic (exact) mass is 383 g/mol. The second-order valence-corrected chi connectivity index (χ2v) is 6.91. The quantitative estimate of drug-likeness (QED) is 0.650. The van der Waals surface area contributed by atoms with Crippen LogP contribution < -0.4 is 5.14 Å². The smallest absolute Gasteiger partial charge is 0.238 e. The average Bonchev–Trinajstić information content (AvgIpc) is 2.47. The van der Waals surface area contributed by atoms with Crippen molar-refractivity contribution in [2.24, 2.45) is 5.14 Å². The van der Waals surface area contributed by atoms with Crippen LogP contribution in [-0.2, 0) is 10.0 Å². The predicted molar refractivity (Wildman–Crippen MR) is 85.3 cm³/mol. The second-order valence-electron chi connectivity index (χ2n) is 4.43. The standard InChI is InChI=1S/C15H11BrFNO3S/c16-12-4-7-14(17)11(9-12)3-8-15(19)10-1-5-13(6-2-10)22(18,20)21/h1-9H,(H2,18,20,21). The Morgan fingerprint density at radius 1 is 1.14 bits per heavy atom. The van der Waals surface area contributed by atoms with E-state index in [2.05, 4.69) is 15.9 Å². The van der Waals surface area contributed by atoms with Gasteiger partial charge in [0.2, 0.25) is 10.0 Å². The lowest BCUT2D eigenvalue weighted by Crippen LogP contribution is -2.12. The highest BCUT2D eigenvalue weighted by Gasteiger charge is 2.09. The van der Waals surface area contributed by atoms with E-state index in [0.29, 0.717) is 4.47 Å². The summed E-state index contributed by atoms with van der Waals surface area (Å²) >= 11 is 3.22. The summed E-state index contributed by atoms with van der Waals surface area (Å²) in [6.45, 7) is 0. The SMILES string of the molecule is NS(=O)(=O)c1ccc(C(=O)C=Cc2cc(Br)ccc2F)cc1. The highest BCUT2D eigenvalue weighted by molar-refractivity contribution is 9.10. The number of hydrogen-bond acceptors (Lipinski definition) is 3. The maximum atomic E-state index is 13.5. The molecule has 2 rings (SSSR count). The molecule has 0 atom stereocenters. The van der Waals surface area contributed by atoms with E-state index in [0.717, 1.165) is 0 Å². The fourth-order valence-corrected chi connectivity index (χ4v) is 2.61. The summed E-state index contributed by atoms with van der Waals surface area (Å²) in [5.41, 5.74) is 0.544. The van der Waals surface area contributed by atoms with Gasteiger partial charge in [-0.05, 0) is 54.6 Å². The van der Waals surface area contributed by atoms with Gasteiger partial charge < -0.3 is 0 Å². The van der Waals surface area contributed by atoms with Crippen LogP contribution in [-0.4, -0.2) is 14.2 Å². The Hall–Kier alpha value is -1.83. The molecule has 2 aromatic rings. The maximum absolute atomic E-state index is 13.5. The number of benzene rings is 2. The molecule has 0 aliphatic carbocycles. The molecule has 0 saturated heterocycles. The number of carbonyl (C=O) groups excluding carboxylic acids is 1. The van der Waals surface area contributed by atoms with Crippen molar-refractivity contribution in [3.8, 4) is 0 Å². The molecule has 0 amide bonds. The largest absolute Gasteiger partial charge is 0.289 e. The van der Waals surface area contributed by atoms with E-state index < -0.39 is 15.8 Å². The van der Waals surface area contributed by atoms with E-state index in [4.69, 9.17) is 5.14 Å². The third kappa shape index (κ3) is 4.09. The summed E-state index contributed by atoms with van der Waals surface area (Å²) in [5.74, 6) is -0.822. The fraction of sp³-hybridized carbons (Fsp3) is 0. The molecule has 2 aromatic carbocycles. The van der Waals surface area contributed by atoms with Crippen LogP contribution in [0.2, 0.25) is 0 Å². The molecule has 0 fully saturated rings. The summed E-state index contributed by atoms with van der Waals surface area (Å²) in [6.07, 6.45) is 2.58. The Morgan fingerprint density at radius 2 is 1.77 bits per heavy atom. The predicted octanol–water partition coefficient (Wildman–Crippen LogP) is 3.13. The van der Waals surface area contributed by atoms with Gasteiger partial charge in [0.15, 0.2) is 5.78 Å². The van der Waals surface area contributed by atoms with Gasteiger partial charge in [-0.2, -0.15) is 0 Å². The van der Waals surface area contributed by atoms with Gasteiger partial charge in [-0.3, -0.25) is 4.79 Å². The lowest BCUT2D eigenvalue weighted by molar-refractivity contribution is 0.104. The van der Waals surface area contributed by atoms with Gasteiger partial charge in [0.1, 0.15) is 5.82 Å². The van der Waals surface area contributed by atoms with Gasteiger partial charge in [0, 0.05) is 15.6 Å². The number of hydrogen-bond donors (Lipinski definition) is 1. The molecule has 0 unspecified atom stereocenters. The Morgan fingerprint density at radius 3 is 2.36 bits per heavy atom. The highest BCUT2D eigenvalue weighted by atomic mass is 79.9. The topological polar surface area (TPSA) is 77.2 Å². The molecule has 4 nitrogen and oxygen atoms in total. The van der Waals surface area contributed by atoms with Gasteiger partial charge in [-0.25, -0.2) is 17.9 Å². The summed E-state index contributed by atoms with van der Waals surface area (Å²) in [5, 5.41) is 4.98. The van der Waals surface area contributed by atoms with Crippen molar-refractivity contribution >= 4 is 37.8 Å². The molecule has 0 radical (unpaired) electrons. The molecule has 0 aliphatic heterocycles. The summed E-state index contributed by atoms with van der Waals surface area (Å²) in [7, 11) is -3.80. The maximum Gasteiger partial charge on any atom is 0.238 e. The van der Waals surface area contributed by atoms with Crippen LogP contribution in [0.4, 0.5) is 4.39 Å². The van der Waals surface area contributed by atoms with Crippen molar-refractivity contribution in [2.45, 2.75) is 4.90 Å². The summed E-state index contributed by atoms with van der Waals surface area (Å²) < 4.78 is 36.5. The molecular weight excluding hydrogens is 373 g/mol. The van der Waals surface area contributed by atoms with Crippen molar-refractivity contribution in [1.82, 2.24) is 0 Å². The minimum atomic E-state index is -3.80. The second kappa shape index (κ2) is 6.51. The first-order valence-electron chi connectivity index (χ1n) is 6.08. The number of carbonyl (C=O) groups is 1. The molecule has 22 heavy (non-hydrogen) atoms. The zero-order valence-corrected chi connectivity index (χ0v) is 13.6. The van der Waals surface area contributed by atoms with Crippen molar-refractivity contribution in [1.29, 1.82) is 0 Å². The lowest BCUT2D eigenvalue weighted by Gasteiger charge is -2.00. The van der Waals surface area contributed by atoms with Crippen LogP contribution in [0.15, 0.2) is 57.9 Å². The summed E-state index contributed by atoms with van der Waals surface area (Å²) in [4.78, 5) is 11.9. The van der Waals surface area contributed by atoms with Gasteiger partial charge >= 0.3 is 0 Å². The Kier molecular flexibility index (Phi) is 4.90. The number of rotatable bonds is 4. The van der Waals surface area contributed by atoms with Crippen molar-refractivity contribution in [3.05, 3.63) is 70.0 Å². The average molecular weight is 384 g/mol. The van der Waals surface area contributed by atoms with Crippen molar-refractivity contribution in [3.63, 3.8) is 0 Å². The fourth-order valence-electron chi connectivity index (χ4n) is 1.71. The van der Waals surface area contributed by atoms with E-state index in [1.807, 2.05) is 0 Å². The van der Waals surface area contributed by atoms with E-state index in [1.54, 1.807) is 12.1 Å². The molecule has 2 N–H and O–H groups in total. The molecule has 7 heteroatoms. The van der Waals surface area contributed by atoms with Gasteiger partial charge in [-0.15, -0.1) is 0 Å². The highest BCUT2D eigenvalue weighted by Crippen LogP contribution is 2.17. The Labute approximate surface area is 135 Å². The number of primary sulfonamides is 1. The first kappa shape index (κ1) is 16.5. The van der Waals surface area contributed by atoms with Crippen LogP contribution in [0.3, 0.4) is 0 Å². The summed E-state index contributed by atoms with van der Waals surface area (Å²) in [6, 6.07) is 9.58. The number of nitrogens with two attached hydrogens (primary N) is 1. The van der Waals surface area contributed by atoms with Crippen LogP contribution in [0.25, 0.3) is 6.08 Å². The molecular formula is C15H11BrFNO3S. The minimum absolute atomic E-state index is 0.0777. The third-order valence-corrected chi connectivity index (χ3v) is 4.26. The van der Waals surface area contributed by atoms with Crippen molar-refractivity contribution < 1.29 is 17.6 Å².